The van der Waals surface area contributed by atoms with Crippen LogP contribution in [0.15, 0.2) is 24.3 Å². The Morgan fingerprint density at radius 3 is 2.22 bits per heavy atom. The lowest BCUT2D eigenvalue weighted by molar-refractivity contribution is 0.867. The number of nitrogens with zero attached hydrogens (tertiary/aromatic N) is 2. The number of nitrogen functional groups attached to an aromatic ring is 1. The quantitative estimate of drug-likeness (QED) is 0.837. The van der Waals surface area contributed by atoms with Gasteiger partial charge in [0, 0.05) is 5.56 Å². The van der Waals surface area contributed by atoms with E-state index in [2.05, 4.69) is 70.7 Å². The minimum absolute atomic E-state index is 0.531. The molecule has 18 heavy (non-hydrogen) atoms. The molecule has 1 aromatic carbocycles. The lowest BCUT2D eigenvalue weighted by atomic mass is 10.0. The Labute approximate surface area is 121 Å². The van der Waals surface area contributed by atoms with Gasteiger partial charge < -0.3 is 5.73 Å². The van der Waals surface area contributed by atoms with E-state index < -0.39 is 0 Å². The first-order valence-electron chi connectivity index (χ1n) is 5.89. The minimum Gasteiger partial charge on any atom is -0.383 e. The van der Waals surface area contributed by atoms with Crippen LogP contribution in [-0.4, -0.2) is 9.97 Å². The molecular weight excluding hydrogens is 337 g/mol. The van der Waals surface area contributed by atoms with Gasteiger partial charge in [-0.15, -0.1) is 0 Å². The molecule has 0 amide bonds. The Kier molecular flexibility index (Phi) is 3.85. The molecule has 1 aromatic heterocycles. The van der Waals surface area contributed by atoms with Crippen LogP contribution in [0.2, 0.25) is 0 Å². The number of hydrogen-bond donors (Lipinski definition) is 1. The molecule has 0 spiro atoms. The highest BCUT2D eigenvalue weighted by atomic mass is 127. The Morgan fingerprint density at radius 2 is 1.72 bits per heavy atom. The molecule has 0 saturated carbocycles. The van der Waals surface area contributed by atoms with E-state index in [-0.39, 0.29) is 0 Å². The monoisotopic (exact) mass is 353 g/mol. The molecular formula is C14H16IN3. The molecule has 0 saturated heterocycles. The van der Waals surface area contributed by atoms with E-state index in [0.29, 0.717) is 17.6 Å². The van der Waals surface area contributed by atoms with Gasteiger partial charge in [-0.05, 0) is 41.0 Å². The second kappa shape index (κ2) is 5.22. The molecule has 0 fully saturated rings. The molecule has 2 N–H and O–H groups in total. The fourth-order valence-corrected chi connectivity index (χ4v) is 1.97. The van der Waals surface area contributed by atoms with Crippen LogP contribution in [0, 0.1) is 10.5 Å². The van der Waals surface area contributed by atoms with Gasteiger partial charge in [-0.1, -0.05) is 38.1 Å². The molecule has 0 atom stereocenters. The molecule has 0 bridgehead atoms. The fraction of sp³-hybridized carbons (Fsp3) is 0.286. The summed E-state index contributed by atoms with van der Waals surface area (Å²) in [6, 6.07) is 8.34. The van der Waals surface area contributed by atoms with Gasteiger partial charge in [0.05, 0.1) is 9.26 Å². The van der Waals surface area contributed by atoms with E-state index in [1.807, 2.05) is 6.92 Å². The Morgan fingerprint density at radius 1 is 1.11 bits per heavy atom. The topological polar surface area (TPSA) is 51.8 Å². The molecule has 0 radical (unpaired) electrons. The summed E-state index contributed by atoms with van der Waals surface area (Å²) in [5, 5.41) is 0. The van der Waals surface area contributed by atoms with Gasteiger partial charge in [-0.2, -0.15) is 0 Å². The summed E-state index contributed by atoms with van der Waals surface area (Å²) in [5.74, 6) is 1.77. The number of aryl methyl sites for hydroxylation is 1. The molecule has 2 aromatic rings. The number of hydrogen-bond acceptors (Lipinski definition) is 3. The van der Waals surface area contributed by atoms with Gasteiger partial charge >= 0.3 is 0 Å². The number of aromatic nitrogens is 2. The summed E-state index contributed by atoms with van der Waals surface area (Å²) < 4.78 is 0.926. The van der Waals surface area contributed by atoms with Gasteiger partial charge in [0.25, 0.3) is 0 Å². The minimum atomic E-state index is 0.531. The summed E-state index contributed by atoms with van der Waals surface area (Å²) in [7, 11) is 0. The first-order chi connectivity index (χ1) is 8.49. The lowest BCUT2D eigenvalue weighted by Gasteiger charge is -2.08. The van der Waals surface area contributed by atoms with E-state index >= 15 is 0 Å². The zero-order valence-corrected chi connectivity index (χ0v) is 12.9. The third-order valence-corrected chi connectivity index (χ3v) is 4.21. The van der Waals surface area contributed by atoms with Crippen molar-refractivity contribution in [2.75, 3.05) is 5.73 Å². The molecule has 3 nitrogen and oxygen atoms in total. The van der Waals surface area contributed by atoms with Crippen LogP contribution < -0.4 is 5.73 Å². The molecule has 0 aliphatic carbocycles. The van der Waals surface area contributed by atoms with E-state index in [4.69, 9.17) is 5.73 Å². The van der Waals surface area contributed by atoms with Crippen LogP contribution in [0.25, 0.3) is 11.4 Å². The van der Waals surface area contributed by atoms with Crippen molar-refractivity contribution >= 4 is 28.4 Å². The van der Waals surface area contributed by atoms with Crippen molar-refractivity contribution in [1.82, 2.24) is 9.97 Å². The average Bonchev–Trinajstić information content (AvgIpc) is 2.35. The summed E-state index contributed by atoms with van der Waals surface area (Å²) >= 11 is 2.17. The standard InChI is InChI=1S/C14H16IN3/c1-8(2)10-4-6-11(7-5-10)14-17-9(3)12(15)13(16)18-14/h4-8H,1-3H3,(H2,16,17,18). The van der Waals surface area contributed by atoms with Gasteiger partial charge in [-0.25, -0.2) is 9.97 Å². The highest BCUT2D eigenvalue weighted by molar-refractivity contribution is 14.1. The van der Waals surface area contributed by atoms with Crippen LogP contribution in [0.3, 0.4) is 0 Å². The zero-order valence-electron chi connectivity index (χ0n) is 10.7. The maximum Gasteiger partial charge on any atom is 0.161 e. The van der Waals surface area contributed by atoms with Crippen molar-refractivity contribution in [3.05, 3.63) is 39.1 Å². The van der Waals surface area contributed by atoms with E-state index in [0.717, 1.165) is 14.8 Å². The number of benzene rings is 1. The van der Waals surface area contributed by atoms with Crippen LogP contribution in [-0.2, 0) is 0 Å². The highest BCUT2D eigenvalue weighted by Crippen LogP contribution is 2.23. The molecule has 0 aliphatic rings. The van der Waals surface area contributed by atoms with Gasteiger partial charge in [0.2, 0.25) is 0 Å². The van der Waals surface area contributed by atoms with E-state index in [1.165, 1.54) is 5.56 Å². The maximum atomic E-state index is 5.88. The third kappa shape index (κ3) is 2.63. The van der Waals surface area contributed by atoms with Crippen LogP contribution in [0.1, 0.15) is 31.0 Å². The van der Waals surface area contributed by atoms with Crippen molar-refractivity contribution in [3.63, 3.8) is 0 Å². The fourth-order valence-electron chi connectivity index (χ4n) is 1.73. The van der Waals surface area contributed by atoms with E-state index in [1.54, 1.807) is 0 Å². The number of anilines is 1. The van der Waals surface area contributed by atoms with Gasteiger partial charge in [-0.3, -0.25) is 0 Å². The molecule has 94 valence electrons. The lowest BCUT2D eigenvalue weighted by Crippen LogP contribution is -2.02. The summed E-state index contributed by atoms with van der Waals surface area (Å²) in [6.07, 6.45) is 0. The maximum absolute atomic E-state index is 5.88. The zero-order chi connectivity index (χ0) is 13.3. The van der Waals surface area contributed by atoms with E-state index in [9.17, 15) is 0 Å². The van der Waals surface area contributed by atoms with Gasteiger partial charge in [0.1, 0.15) is 5.82 Å². The molecule has 4 heteroatoms. The van der Waals surface area contributed by atoms with Crippen molar-refractivity contribution < 1.29 is 0 Å². The summed E-state index contributed by atoms with van der Waals surface area (Å²) in [6.45, 7) is 6.31. The van der Waals surface area contributed by atoms with Crippen molar-refractivity contribution in [2.45, 2.75) is 26.7 Å². The highest BCUT2D eigenvalue weighted by Gasteiger charge is 2.08. The third-order valence-electron chi connectivity index (χ3n) is 2.88. The molecule has 0 aliphatic heterocycles. The predicted molar refractivity (Wildman–Crippen MR) is 83.4 cm³/mol. The Hall–Kier alpha value is -1.17. The second-order valence-corrected chi connectivity index (χ2v) is 5.69. The molecule has 1 heterocycles. The largest absolute Gasteiger partial charge is 0.383 e. The van der Waals surface area contributed by atoms with Crippen molar-refractivity contribution in [3.8, 4) is 11.4 Å². The molecule has 2 rings (SSSR count). The predicted octanol–water partition coefficient (Wildman–Crippen LogP) is 3.76. The first-order valence-corrected chi connectivity index (χ1v) is 6.97. The number of nitrogens with two attached hydrogens (primary N) is 1. The van der Waals surface area contributed by atoms with Crippen molar-refractivity contribution in [1.29, 1.82) is 0 Å². The van der Waals surface area contributed by atoms with Crippen LogP contribution in [0.5, 0.6) is 0 Å². The van der Waals surface area contributed by atoms with Gasteiger partial charge in [0.15, 0.2) is 5.82 Å². The normalized spacial score (nSPS) is 10.9. The summed E-state index contributed by atoms with van der Waals surface area (Å²) in [4.78, 5) is 8.82. The first kappa shape index (κ1) is 13.3. The Balaban J connectivity index is 2.43. The smallest absolute Gasteiger partial charge is 0.161 e. The number of halogens is 1. The number of rotatable bonds is 2. The molecule has 0 unspecified atom stereocenters. The van der Waals surface area contributed by atoms with Crippen LogP contribution in [0.4, 0.5) is 5.82 Å². The summed E-state index contributed by atoms with van der Waals surface area (Å²) in [5.41, 5.74) is 9.12. The Bertz CT molecular complexity index is 539. The second-order valence-electron chi connectivity index (χ2n) is 4.61. The van der Waals surface area contributed by atoms with Crippen LogP contribution >= 0.6 is 22.6 Å². The SMILES string of the molecule is Cc1nc(-c2ccc(C(C)C)cc2)nc(N)c1I. The van der Waals surface area contributed by atoms with Crippen molar-refractivity contribution in [2.24, 2.45) is 0 Å². The average molecular weight is 353 g/mol.